The van der Waals surface area contributed by atoms with E-state index in [9.17, 15) is 9.59 Å². The number of nitrogens with one attached hydrogen (secondary N) is 1. The fraction of sp³-hybridized carbons (Fsp3) is 0.333. The van der Waals surface area contributed by atoms with Gasteiger partial charge in [0.05, 0.1) is 5.75 Å². The zero-order valence-electron chi connectivity index (χ0n) is 20.7. The van der Waals surface area contributed by atoms with Gasteiger partial charge in [0.2, 0.25) is 11.8 Å². The fourth-order valence-electron chi connectivity index (χ4n) is 4.67. The number of hydrogen-bond donors (Lipinski definition) is 1. The van der Waals surface area contributed by atoms with Crippen molar-refractivity contribution in [3.63, 3.8) is 0 Å². The lowest BCUT2D eigenvalue weighted by Gasteiger charge is -2.32. The number of amides is 2. The summed E-state index contributed by atoms with van der Waals surface area (Å²) in [5.74, 6) is 0.790. The Kier molecular flexibility index (Phi) is 10.4. The number of benzene rings is 3. The van der Waals surface area contributed by atoms with Gasteiger partial charge >= 0.3 is 0 Å². The fourth-order valence-corrected chi connectivity index (χ4v) is 6.01. The summed E-state index contributed by atoms with van der Waals surface area (Å²) in [7, 11) is 0. The molecule has 0 bridgehead atoms. The minimum Gasteiger partial charge on any atom is -0.352 e. The van der Waals surface area contributed by atoms with Crippen molar-refractivity contribution >= 4 is 46.8 Å². The Balaban J connectivity index is 1.59. The van der Waals surface area contributed by atoms with Gasteiger partial charge in [0, 0.05) is 34.8 Å². The summed E-state index contributed by atoms with van der Waals surface area (Å²) in [6.45, 7) is 0.232. The van der Waals surface area contributed by atoms with E-state index in [2.05, 4.69) is 17.4 Å². The number of rotatable bonds is 11. The maximum atomic E-state index is 13.7. The number of hydrogen-bond acceptors (Lipinski definition) is 3. The average molecular weight is 556 g/mol. The van der Waals surface area contributed by atoms with Crippen LogP contribution in [0.1, 0.15) is 42.4 Å². The molecule has 1 saturated carbocycles. The third-order valence-corrected chi connectivity index (χ3v) is 8.24. The van der Waals surface area contributed by atoms with Crippen molar-refractivity contribution in [1.29, 1.82) is 0 Å². The van der Waals surface area contributed by atoms with Crippen molar-refractivity contribution in [2.75, 3.05) is 5.75 Å². The Morgan fingerprint density at radius 2 is 1.57 bits per heavy atom. The predicted molar refractivity (Wildman–Crippen MR) is 154 cm³/mol. The summed E-state index contributed by atoms with van der Waals surface area (Å²) in [5, 5.41) is 4.25. The molecule has 37 heavy (non-hydrogen) atoms. The number of carbonyl (C=O) groups excluding carboxylic acids is 2. The van der Waals surface area contributed by atoms with E-state index in [-0.39, 0.29) is 30.2 Å². The largest absolute Gasteiger partial charge is 0.352 e. The van der Waals surface area contributed by atoms with Gasteiger partial charge < -0.3 is 10.2 Å². The van der Waals surface area contributed by atoms with E-state index in [1.54, 1.807) is 28.8 Å². The quantitative estimate of drug-likeness (QED) is 0.279. The van der Waals surface area contributed by atoms with Gasteiger partial charge in [-0.3, -0.25) is 9.59 Å². The van der Waals surface area contributed by atoms with E-state index in [0.29, 0.717) is 16.5 Å². The maximum Gasteiger partial charge on any atom is 0.243 e. The van der Waals surface area contributed by atoms with Crippen LogP contribution in [0.3, 0.4) is 0 Å². The van der Waals surface area contributed by atoms with Crippen LogP contribution < -0.4 is 5.32 Å². The molecule has 2 amide bonds. The second-order valence-corrected chi connectivity index (χ2v) is 11.3. The molecule has 0 aromatic heterocycles. The van der Waals surface area contributed by atoms with Gasteiger partial charge in [0.1, 0.15) is 6.04 Å². The molecule has 0 radical (unpaired) electrons. The molecular formula is C30H32Cl2N2O2S. The topological polar surface area (TPSA) is 49.4 Å². The summed E-state index contributed by atoms with van der Waals surface area (Å²) >= 11 is 14.2. The third kappa shape index (κ3) is 8.26. The van der Waals surface area contributed by atoms with E-state index in [1.165, 1.54) is 0 Å². The smallest absolute Gasteiger partial charge is 0.243 e. The van der Waals surface area contributed by atoms with Crippen LogP contribution in [0, 0.1) is 0 Å². The molecular weight excluding hydrogens is 523 g/mol. The number of nitrogens with zero attached hydrogens (tertiary/aromatic N) is 1. The Morgan fingerprint density at radius 3 is 2.22 bits per heavy atom. The second-order valence-electron chi connectivity index (χ2n) is 9.43. The lowest BCUT2D eigenvalue weighted by atomic mass is 10.0. The SMILES string of the molecule is O=C(NC1CCCC1)[C@H](Cc1ccccc1)N(Cc1ccc(Cl)cc1Cl)C(=O)CSCc1ccccc1. The van der Waals surface area contributed by atoms with Crippen molar-refractivity contribution in [1.82, 2.24) is 10.2 Å². The van der Waals surface area contributed by atoms with Crippen LogP contribution in [-0.2, 0) is 28.3 Å². The maximum absolute atomic E-state index is 13.7. The van der Waals surface area contributed by atoms with Crippen molar-refractivity contribution in [3.05, 3.63) is 106 Å². The van der Waals surface area contributed by atoms with Crippen molar-refractivity contribution in [3.8, 4) is 0 Å². The monoisotopic (exact) mass is 554 g/mol. The summed E-state index contributed by atoms with van der Waals surface area (Å²) in [5.41, 5.74) is 2.93. The molecule has 0 saturated heterocycles. The first-order chi connectivity index (χ1) is 18.0. The summed E-state index contributed by atoms with van der Waals surface area (Å²) in [4.78, 5) is 29.2. The van der Waals surface area contributed by atoms with Crippen LogP contribution in [0.4, 0.5) is 0 Å². The highest BCUT2D eigenvalue weighted by Gasteiger charge is 2.32. The first kappa shape index (κ1) is 27.6. The Labute approximate surface area is 233 Å². The molecule has 0 spiro atoms. The summed E-state index contributed by atoms with van der Waals surface area (Å²) in [6.07, 6.45) is 4.63. The van der Waals surface area contributed by atoms with Gasteiger partial charge in [-0.2, -0.15) is 0 Å². The van der Waals surface area contributed by atoms with Crippen LogP contribution in [0.2, 0.25) is 10.0 Å². The van der Waals surface area contributed by atoms with E-state index < -0.39 is 6.04 Å². The Hall–Kier alpha value is -2.47. The standard InChI is InChI=1S/C30H32Cl2N2O2S/c31-25-16-15-24(27(32)18-25)19-34(29(35)21-37-20-23-11-5-2-6-12-23)28(17-22-9-3-1-4-10-22)30(36)33-26-13-7-8-14-26/h1-6,9-12,15-16,18,26,28H,7-8,13-14,17,19-21H2,(H,33,36)/t28-/m0/s1. The predicted octanol–water partition coefficient (Wildman–Crippen LogP) is 6.93. The molecule has 4 nitrogen and oxygen atoms in total. The molecule has 7 heteroatoms. The van der Waals surface area contributed by atoms with E-state index in [0.717, 1.165) is 48.1 Å². The summed E-state index contributed by atoms with van der Waals surface area (Å²) < 4.78 is 0. The van der Waals surface area contributed by atoms with Gasteiger partial charge in [0.25, 0.3) is 0 Å². The molecule has 1 fully saturated rings. The molecule has 1 atom stereocenters. The molecule has 0 heterocycles. The lowest BCUT2D eigenvalue weighted by Crippen LogP contribution is -2.52. The zero-order chi connectivity index (χ0) is 26.0. The minimum absolute atomic E-state index is 0.0885. The molecule has 1 aliphatic carbocycles. The van der Waals surface area contributed by atoms with Crippen LogP contribution in [-0.4, -0.2) is 34.6 Å². The second kappa shape index (κ2) is 13.9. The van der Waals surface area contributed by atoms with E-state index in [1.807, 2.05) is 54.6 Å². The minimum atomic E-state index is -0.653. The van der Waals surface area contributed by atoms with Gasteiger partial charge in [-0.05, 0) is 41.7 Å². The highest BCUT2D eigenvalue weighted by molar-refractivity contribution is 7.99. The number of thioether (sulfide) groups is 1. The first-order valence-corrected chi connectivity index (χ1v) is 14.6. The van der Waals surface area contributed by atoms with Crippen LogP contribution in [0.5, 0.6) is 0 Å². The number of halogens is 2. The van der Waals surface area contributed by atoms with Gasteiger partial charge in [0.15, 0.2) is 0 Å². The molecule has 3 aromatic rings. The third-order valence-electron chi connectivity index (χ3n) is 6.67. The molecule has 3 aromatic carbocycles. The Morgan fingerprint density at radius 1 is 0.919 bits per heavy atom. The summed E-state index contributed by atoms with van der Waals surface area (Å²) in [6, 6.07) is 24.7. The number of carbonyl (C=O) groups is 2. The average Bonchev–Trinajstić information content (AvgIpc) is 3.41. The van der Waals surface area contributed by atoms with E-state index >= 15 is 0 Å². The van der Waals surface area contributed by atoms with Gasteiger partial charge in [-0.1, -0.05) is 103 Å². The molecule has 1 aliphatic rings. The first-order valence-electron chi connectivity index (χ1n) is 12.7. The van der Waals surface area contributed by atoms with Crippen LogP contribution in [0.15, 0.2) is 78.9 Å². The highest BCUT2D eigenvalue weighted by Crippen LogP contribution is 2.25. The van der Waals surface area contributed by atoms with Crippen molar-refractivity contribution < 1.29 is 9.59 Å². The molecule has 194 valence electrons. The molecule has 1 N–H and O–H groups in total. The molecule has 4 rings (SSSR count). The van der Waals surface area contributed by atoms with Gasteiger partial charge in [-0.25, -0.2) is 0 Å². The van der Waals surface area contributed by atoms with Crippen molar-refractivity contribution in [2.24, 2.45) is 0 Å². The Bertz CT molecular complexity index is 1170. The van der Waals surface area contributed by atoms with Crippen LogP contribution >= 0.6 is 35.0 Å². The van der Waals surface area contributed by atoms with Crippen LogP contribution in [0.25, 0.3) is 0 Å². The van der Waals surface area contributed by atoms with E-state index in [4.69, 9.17) is 23.2 Å². The molecule has 0 aliphatic heterocycles. The van der Waals surface area contributed by atoms with Gasteiger partial charge in [-0.15, -0.1) is 11.8 Å². The highest BCUT2D eigenvalue weighted by atomic mass is 35.5. The normalized spacial score (nSPS) is 14.3. The lowest BCUT2D eigenvalue weighted by molar-refractivity contribution is -0.139. The molecule has 0 unspecified atom stereocenters. The van der Waals surface area contributed by atoms with Crippen molar-refractivity contribution in [2.45, 2.75) is 56.5 Å². The zero-order valence-corrected chi connectivity index (χ0v) is 23.1.